The Morgan fingerprint density at radius 3 is 1.02 bits per heavy atom. The first kappa shape index (κ1) is 60.5. The molecule has 284 valence electrons. The van der Waals surface area contributed by atoms with Crippen LogP contribution in [0.4, 0.5) is 0 Å². The van der Waals surface area contributed by atoms with E-state index in [0.29, 0.717) is 0 Å². The molecule has 0 radical (unpaired) electrons. The van der Waals surface area contributed by atoms with Gasteiger partial charge in [-0.15, -0.1) is 0 Å². The minimum atomic E-state index is -3.41. The minimum absolute atomic E-state index is 0.823. The summed E-state index contributed by atoms with van der Waals surface area (Å²) < 4.78 is 126. The summed E-state index contributed by atoms with van der Waals surface area (Å²) in [5.74, 6) is 0. The molecule has 0 aromatic carbocycles. The molecule has 0 aliphatic carbocycles. The Labute approximate surface area is 281 Å². The molecular formula is C16H56N9O13PS6. The smallest absolute Gasteiger partial charge is 0.300 e. The molecule has 45 heavy (non-hydrogen) atoms. The summed E-state index contributed by atoms with van der Waals surface area (Å²) in [5, 5.41) is 2.39. The van der Waals surface area contributed by atoms with Gasteiger partial charge in [-0.1, -0.05) is 0 Å². The Kier molecular flexibility index (Phi) is 54.3. The van der Waals surface area contributed by atoms with Crippen LogP contribution in [0.3, 0.4) is 0 Å². The molecule has 3 unspecified atom stereocenters. The molecule has 0 saturated heterocycles. The lowest BCUT2D eigenvalue weighted by Gasteiger charge is -2.09. The van der Waals surface area contributed by atoms with Crippen LogP contribution < -0.4 is 38.1 Å². The summed E-state index contributed by atoms with van der Waals surface area (Å²) in [7, 11) is 10.8. The number of nitrogens with zero attached hydrogens (tertiary/aromatic N) is 1. The monoisotopic (exact) mass is 805 g/mol. The van der Waals surface area contributed by atoms with Crippen LogP contribution in [0.25, 0.3) is 0 Å². The molecule has 0 aromatic heterocycles. The molecule has 0 aliphatic rings. The van der Waals surface area contributed by atoms with Crippen molar-refractivity contribution in [2.75, 3.05) is 111 Å². The van der Waals surface area contributed by atoms with Gasteiger partial charge >= 0.3 is 18.1 Å². The van der Waals surface area contributed by atoms with E-state index in [0.717, 1.165) is 13.4 Å². The first-order valence-corrected chi connectivity index (χ1v) is 21.1. The zero-order valence-electron chi connectivity index (χ0n) is 28.7. The van der Waals surface area contributed by atoms with E-state index in [1.807, 2.05) is 4.72 Å². The van der Waals surface area contributed by atoms with Crippen molar-refractivity contribution in [2.45, 2.75) is 0 Å². The minimum Gasteiger partial charge on any atom is -0.300 e. The highest BCUT2D eigenvalue weighted by atomic mass is 32.2. The van der Waals surface area contributed by atoms with E-state index in [2.05, 4.69) is 50.8 Å². The van der Waals surface area contributed by atoms with Crippen molar-refractivity contribution in [1.82, 2.24) is 42.4 Å². The maximum absolute atomic E-state index is 10.8. The van der Waals surface area contributed by atoms with Crippen LogP contribution in [0.5, 0.6) is 0 Å². The van der Waals surface area contributed by atoms with Crippen molar-refractivity contribution in [2.24, 2.45) is 0 Å². The molecule has 0 aromatic rings. The van der Waals surface area contributed by atoms with Crippen LogP contribution in [0, 0.1) is 0 Å². The van der Waals surface area contributed by atoms with E-state index in [-0.39, 0.29) is 0 Å². The van der Waals surface area contributed by atoms with Crippen molar-refractivity contribution >= 4 is 72.7 Å². The molecule has 29 heteroatoms. The third-order valence-corrected chi connectivity index (χ3v) is 9.23. The fraction of sp³-hybridized carbons (Fsp3) is 1.00. The lowest BCUT2D eigenvalue weighted by atomic mass is 11.3. The fourth-order valence-electron chi connectivity index (χ4n) is 0.708. The van der Waals surface area contributed by atoms with E-state index in [9.17, 15) is 38.2 Å². The molecule has 0 saturated carbocycles. The Morgan fingerprint density at radius 1 is 0.667 bits per heavy atom. The zero-order chi connectivity index (χ0) is 37.9. The fourth-order valence-corrected chi connectivity index (χ4v) is 2.13. The van der Waals surface area contributed by atoms with E-state index < -0.39 is 72.7 Å². The number of hydrogen-bond acceptors (Lipinski definition) is 13. The average molecular weight is 806 g/mol. The molecule has 0 aliphatic heterocycles. The van der Waals surface area contributed by atoms with Crippen LogP contribution in [0.2, 0.25) is 0 Å². The van der Waals surface area contributed by atoms with Crippen LogP contribution in [-0.4, -0.2) is 149 Å². The molecule has 0 heterocycles. The Bertz CT molecular complexity index is 954. The molecule has 0 rings (SSSR count). The predicted molar refractivity (Wildman–Crippen MR) is 184 cm³/mol. The maximum atomic E-state index is 10.8. The molecule has 0 bridgehead atoms. The summed E-state index contributed by atoms with van der Waals surface area (Å²) in [5.41, 5.74) is 0. The van der Waals surface area contributed by atoms with Gasteiger partial charge in [0.25, 0.3) is 0 Å². The quantitative estimate of drug-likeness (QED) is 0.0828. The van der Waals surface area contributed by atoms with Crippen LogP contribution in [0.1, 0.15) is 0 Å². The van der Waals surface area contributed by atoms with Crippen LogP contribution >= 0.6 is 7.75 Å². The Balaban J connectivity index is -0.0000000752. The Morgan fingerprint density at radius 2 is 1.02 bits per heavy atom. The summed E-state index contributed by atoms with van der Waals surface area (Å²) in [6.45, 7) is 0. The number of nitrogens with one attached hydrogen (secondary N) is 8. The van der Waals surface area contributed by atoms with Gasteiger partial charge in [0, 0.05) is 41.6 Å². The highest BCUT2D eigenvalue weighted by Gasteiger charge is 2.15. The van der Waals surface area contributed by atoms with Crippen molar-refractivity contribution in [3.63, 3.8) is 0 Å². The van der Waals surface area contributed by atoms with Crippen molar-refractivity contribution < 1.29 is 55.6 Å². The molecule has 0 spiro atoms. The van der Waals surface area contributed by atoms with Crippen molar-refractivity contribution in [3.8, 4) is 0 Å². The van der Waals surface area contributed by atoms with Gasteiger partial charge in [-0.25, -0.2) is 67.5 Å². The first-order valence-electron chi connectivity index (χ1n) is 11.4. The van der Waals surface area contributed by atoms with Gasteiger partial charge in [0.15, 0.2) is 22.3 Å². The van der Waals surface area contributed by atoms with Gasteiger partial charge in [0.05, 0.1) is 31.5 Å². The summed E-state index contributed by atoms with van der Waals surface area (Å²) in [4.78, 5) is 0. The largest absolute Gasteiger partial charge is 0.404 e. The second-order valence-corrected chi connectivity index (χ2v) is 17.4. The molecule has 3 atom stereocenters. The third kappa shape index (κ3) is 67.3. The van der Waals surface area contributed by atoms with Gasteiger partial charge in [-0.3, -0.25) is 8.37 Å². The highest BCUT2D eigenvalue weighted by molar-refractivity contribution is 7.88. The number of rotatable bonds is 13. The summed E-state index contributed by atoms with van der Waals surface area (Å²) in [6.07, 6.45) is 2.69. The van der Waals surface area contributed by atoms with E-state index in [1.54, 1.807) is 59.9 Å². The highest BCUT2D eigenvalue weighted by Crippen LogP contribution is 2.39. The second-order valence-electron chi connectivity index (χ2n) is 6.09. The normalized spacial score (nSPS) is 12.7. The molecular weight excluding hydrogens is 750 g/mol. The van der Waals surface area contributed by atoms with Crippen LogP contribution in [0.15, 0.2) is 0 Å². The standard InChI is InChI=1S/C3H10N2OS.C3H10NO3P.C2H8N2OS.C2H7NO3S.2C2H7NO2S.C2H7NOS/c1-4-7(6)5(2)3;1-4-8(5,6-2)7-3;1-3-6(5)4-2;1-3-7(4,5)6-2;1-3-6(2,4)5;1-3-6(4)5-2;1-3-5(2)4/h4H,1-3H3;1-3H3,(H,4,5);3-4H,1-2H3;3H,1-2H3;2*3H,1-2H3;3H,1-2H3. The third-order valence-electron chi connectivity index (χ3n) is 3.08. The maximum Gasteiger partial charge on any atom is 0.404 e. The predicted octanol–water partition coefficient (Wildman–Crippen LogP) is -3.85. The van der Waals surface area contributed by atoms with Crippen LogP contribution in [-0.2, 0) is 86.9 Å². The second kappa shape index (κ2) is 40.4. The Hall–Kier alpha value is 0.210. The zero-order valence-corrected chi connectivity index (χ0v) is 34.4. The molecule has 22 nitrogen and oxygen atoms in total. The topological polar surface area (TPSA) is 290 Å². The van der Waals surface area contributed by atoms with Gasteiger partial charge in [-0.05, 0) is 49.3 Å². The average Bonchev–Trinajstić information content (AvgIpc) is 3.04. The van der Waals surface area contributed by atoms with Crippen molar-refractivity contribution in [1.29, 1.82) is 0 Å². The number of hydrogen-bond donors (Lipinski definition) is 8. The SMILES string of the molecule is CNP(=O)(OC)OC.CNS(=O)(=O)OC.CNS(=O)N(C)C.CNS(=O)NC.CNS(=O)OC.CNS(C)(=O)=O.CNS(C)=O. The van der Waals surface area contributed by atoms with E-state index in [4.69, 9.17) is 0 Å². The lowest BCUT2D eigenvalue weighted by molar-refractivity contribution is 0.267. The van der Waals surface area contributed by atoms with Gasteiger partial charge in [-0.2, -0.15) is 13.1 Å². The summed E-state index contributed by atoms with van der Waals surface area (Å²) >= 11 is -3.31. The summed E-state index contributed by atoms with van der Waals surface area (Å²) in [6, 6.07) is 0. The lowest BCUT2D eigenvalue weighted by Crippen LogP contribution is -2.25. The molecule has 8 N–H and O–H groups in total. The van der Waals surface area contributed by atoms with Crippen molar-refractivity contribution in [3.05, 3.63) is 0 Å². The van der Waals surface area contributed by atoms with E-state index in [1.165, 1.54) is 42.5 Å². The van der Waals surface area contributed by atoms with Gasteiger partial charge in [0.1, 0.15) is 0 Å². The van der Waals surface area contributed by atoms with Gasteiger partial charge in [0.2, 0.25) is 21.3 Å². The molecule has 0 amide bonds. The first-order chi connectivity index (χ1) is 20.4. The van der Waals surface area contributed by atoms with Gasteiger partial charge < -0.3 is 9.05 Å². The number of sulfonamides is 1. The molecule has 0 fully saturated rings. The van der Waals surface area contributed by atoms with E-state index >= 15 is 0 Å².